The van der Waals surface area contributed by atoms with Crippen molar-refractivity contribution in [3.8, 4) is 0 Å². The van der Waals surface area contributed by atoms with Crippen molar-refractivity contribution in [1.29, 1.82) is 0 Å². The first-order chi connectivity index (χ1) is 10.9. The lowest BCUT2D eigenvalue weighted by Crippen LogP contribution is -2.57. The molecule has 0 bridgehead atoms. The molecule has 0 saturated carbocycles. The number of hydrogen-bond donors (Lipinski definition) is 4. The van der Waals surface area contributed by atoms with Crippen LogP contribution in [0.3, 0.4) is 0 Å². The quantitative estimate of drug-likeness (QED) is 0.630. The summed E-state index contributed by atoms with van der Waals surface area (Å²) in [5, 5.41) is 30.0. The lowest BCUT2D eigenvalue weighted by atomic mass is 9.82. The Morgan fingerprint density at radius 2 is 1.62 bits per heavy atom. The van der Waals surface area contributed by atoms with Crippen LogP contribution in [-0.2, 0) is 22.9 Å². The number of aliphatic hydroxyl groups is 2. The Hall–Kier alpha value is -1.64. The van der Waals surface area contributed by atoms with Crippen LogP contribution >= 0.6 is 0 Å². The molecule has 0 atom stereocenters. The first-order valence-electron chi connectivity index (χ1n) is 7.28. The van der Waals surface area contributed by atoms with Crippen LogP contribution in [0.15, 0.2) is 18.2 Å². The fourth-order valence-corrected chi connectivity index (χ4v) is 2.21. The maximum absolute atomic E-state index is 13.1. The van der Waals surface area contributed by atoms with Crippen LogP contribution in [0, 0.1) is 0 Å². The molecule has 1 aromatic carbocycles. The summed E-state index contributed by atoms with van der Waals surface area (Å²) < 4.78 is 39.4. The lowest BCUT2D eigenvalue weighted by Gasteiger charge is -2.28. The average Bonchev–Trinajstić information content (AvgIpc) is 2.46. The highest BCUT2D eigenvalue weighted by Gasteiger charge is 2.38. The standard InChI is InChI=1S/C16H22F3NO4/c1-14(2,3)12-6-10(4-5-11(12)16(17,18)19)7-20-15(8-21,9-22)13(23)24/h4-6,20-22H,7-9H2,1-3H3,(H,23,24). The number of nitrogens with one attached hydrogen (secondary N) is 1. The number of hydrogen-bond acceptors (Lipinski definition) is 4. The molecule has 4 N–H and O–H groups in total. The normalized spacial score (nSPS) is 13.2. The Morgan fingerprint density at radius 3 is 2.00 bits per heavy atom. The molecule has 0 saturated heterocycles. The SMILES string of the molecule is CC(C)(C)c1cc(CNC(CO)(CO)C(=O)O)ccc1C(F)(F)F. The first-order valence-corrected chi connectivity index (χ1v) is 7.28. The highest BCUT2D eigenvalue weighted by molar-refractivity contribution is 5.79. The van der Waals surface area contributed by atoms with Gasteiger partial charge in [-0.05, 0) is 22.6 Å². The summed E-state index contributed by atoms with van der Waals surface area (Å²) in [5.41, 5.74) is -2.96. The van der Waals surface area contributed by atoms with Gasteiger partial charge in [0.25, 0.3) is 0 Å². The molecular formula is C16H22F3NO4. The molecule has 0 aromatic heterocycles. The van der Waals surface area contributed by atoms with Gasteiger partial charge in [-0.15, -0.1) is 0 Å². The van der Waals surface area contributed by atoms with Gasteiger partial charge in [0.15, 0.2) is 5.54 Å². The molecule has 0 aliphatic heterocycles. The maximum atomic E-state index is 13.1. The summed E-state index contributed by atoms with van der Waals surface area (Å²) in [6.07, 6.45) is -4.49. The van der Waals surface area contributed by atoms with Crippen molar-refractivity contribution in [1.82, 2.24) is 5.32 Å². The van der Waals surface area contributed by atoms with Crippen LogP contribution in [0.1, 0.15) is 37.5 Å². The minimum Gasteiger partial charge on any atom is -0.480 e. The topological polar surface area (TPSA) is 89.8 Å². The van der Waals surface area contributed by atoms with Crippen molar-refractivity contribution >= 4 is 5.97 Å². The Balaban J connectivity index is 3.18. The van der Waals surface area contributed by atoms with Crippen LogP contribution in [0.5, 0.6) is 0 Å². The molecule has 136 valence electrons. The minimum atomic E-state index is -4.49. The number of rotatable bonds is 6. The van der Waals surface area contributed by atoms with E-state index in [4.69, 9.17) is 5.11 Å². The molecule has 5 nitrogen and oxygen atoms in total. The van der Waals surface area contributed by atoms with Gasteiger partial charge in [0.2, 0.25) is 0 Å². The van der Waals surface area contributed by atoms with Gasteiger partial charge < -0.3 is 15.3 Å². The highest BCUT2D eigenvalue weighted by Crippen LogP contribution is 2.37. The number of benzene rings is 1. The minimum absolute atomic E-state index is 0.0863. The molecule has 0 aliphatic carbocycles. The van der Waals surface area contributed by atoms with E-state index < -0.39 is 41.9 Å². The molecule has 24 heavy (non-hydrogen) atoms. The molecule has 0 fully saturated rings. The van der Waals surface area contributed by atoms with Gasteiger partial charge in [-0.3, -0.25) is 10.1 Å². The van der Waals surface area contributed by atoms with Crippen LogP contribution < -0.4 is 5.32 Å². The fourth-order valence-electron chi connectivity index (χ4n) is 2.21. The zero-order chi connectivity index (χ0) is 18.8. The number of halogens is 3. The molecule has 0 radical (unpaired) electrons. The van der Waals surface area contributed by atoms with E-state index >= 15 is 0 Å². The van der Waals surface area contributed by atoms with E-state index in [2.05, 4.69) is 5.32 Å². The molecule has 8 heteroatoms. The van der Waals surface area contributed by atoms with Gasteiger partial charge in [-0.2, -0.15) is 13.2 Å². The summed E-state index contributed by atoms with van der Waals surface area (Å²) in [7, 11) is 0. The van der Waals surface area contributed by atoms with Gasteiger partial charge in [0.1, 0.15) is 0 Å². The highest BCUT2D eigenvalue weighted by atomic mass is 19.4. The van der Waals surface area contributed by atoms with E-state index in [0.717, 1.165) is 6.07 Å². The predicted octanol–water partition coefficient (Wildman–Crippen LogP) is 1.90. The molecule has 0 heterocycles. The van der Waals surface area contributed by atoms with Crippen molar-refractivity contribution in [3.63, 3.8) is 0 Å². The third-order valence-corrected chi connectivity index (χ3v) is 3.78. The molecule has 0 spiro atoms. The number of aliphatic hydroxyl groups excluding tert-OH is 2. The lowest BCUT2D eigenvalue weighted by molar-refractivity contribution is -0.149. The Morgan fingerprint density at radius 1 is 1.08 bits per heavy atom. The second-order valence-corrected chi connectivity index (χ2v) is 6.68. The Labute approximate surface area is 138 Å². The second kappa shape index (κ2) is 7.08. The van der Waals surface area contributed by atoms with Crippen LogP contribution in [0.2, 0.25) is 0 Å². The first kappa shape index (κ1) is 20.4. The van der Waals surface area contributed by atoms with E-state index in [1.165, 1.54) is 12.1 Å². The second-order valence-electron chi connectivity index (χ2n) is 6.68. The number of carbonyl (C=O) groups is 1. The van der Waals surface area contributed by atoms with E-state index in [-0.39, 0.29) is 12.1 Å². The summed E-state index contributed by atoms with van der Waals surface area (Å²) in [6, 6.07) is 3.56. The third-order valence-electron chi connectivity index (χ3n) is 3.78. The molecule has 0 amide bonds. The van der Waals surface area contributed by atoms with Crippen molar-refractivity contribution < 1.29 is 33.3 Å². The molecule has 1 rings (SSSR count). The summed E-state index contributed by atoms with van der Waals surface area (Å²) in [6.45, 7) is 3.12. The van der Waals surface area contributed by atoms with Crippen molar-refractivity contribution in [3.05, 3.63) is 34.9 Å². The number of alkyl halides is 3. The summed E-state index contributed by atoms with van der Waals surface area (Å²) in [5.74, 6) is -1.45. The van der Waals surface area contributed by atoms with Crippen molar-refractivity contribution in [2.24, 2.45) is 0 Å². The number of carboxylic acid groups (broad SMARTS) is 1. The van der Waals surface area contributed by atoms with Crippen LogP contribution in [0.4, 0.5) is 13.2 Å². The smallest absolute Gasteiger partial charge is 0.416 e. The summed E-state index contributed by atoms with van der Waals surface area (Å²) >= 11 is 0. The molecule has 0 unspecified atom stereocenters. The largest absolute Gasteiger partial charge is 0.480 e. The van der Waals surface area contributed by atoms with Crippen molar-refractivity contribution in [2.75, 3.05) is 13.2 Å². The number of carboxylic acids is 1. The average molecular weight is 349 g/mol. The zero-order valence-electron chi connectivity index (χ0n) is 13.7. The predicted molar refractivity (Wildman–Crippen MR) is 81.5 cm³/mol. The van der Waals surface area contributed by atoms with Crippen molar-refractivity contribution in [2.45, 2.75) is 44.4 Å². The van der Waals surface area contributed by atoms with Gasteiger partial charge in [-0.1, -0.05) is 32.9 Å². The maximum Gasteiger partial charge on any atom is 0.416 e. The number of aliphatic carboxylic acids is 1. The monoisotopic (exact) mass is 349 g/mol. The zero-order valence-corrected chi connectivity index (χ0v) is 13.7. The van der Waals surface area contributed by atoms with E-state index in [1.807, 2.05) is 0 Å². The van der Waals surface area contributed by atoms with E-state index in [9.17, 15) is 28.2 Å². The van der Waals surface area contributed by atoms with E-state index in [1.54, 1.807) is 20.8 Å². The Bertz CT molecular complexity index is 590. The molecule has 1 aromatic rings. The Kier molecular flexibility index (Phi) is 6.02. The van der Waals surface area contributed by atoms with Gasteiger partial charge >= 0.3 is 12.1 Å². The van der Waals surface area contributed by atoms with Crippen LogP contribution in [0.25, 0.3) is 0 Å². The van der Waals surface area contributed by atoms with Crippen LogP contribution in [-0.4, -0.2) is 40.0 Å². The fraction of sp³-hybridized carbons (Fsp3) is 0.562. The summed E-state index contributed by atoms with van der Waals surface area (Å²) in [4.78, 5) is 11.2. The third kappa shape index (κ3) is 4.46. The van der Waals surface area contributed by atoms with Gasteiger partial charge in [0, 0.05) is 6.54 Å². The van der Waals surface area contributed by atoms with Gasteiger partial charge in [-0.25, -0.2) is 0 Å². The van der Waals surface area contributed by atoms with E-state index in [0.29, 0.717) is 5.56 Å². The molecular weight excluding hydrogens is 327 g/mol. The molecule has 0 aliphatic rings. The van der Waals surface area contributed by atoms with Gasteiger partial charge in [0.05, 0.1) is 18.8 Å².